The van der Waals surface area contributed by atoms with Crippen molar-refractivity contribution in [2.24, 2.45) is 7.05 Å². The molecular formula is C10H18ClN3O2S. The van der Waals surface area contributed by atoms with Gasteiger partial charge in [-0.05, 0) is 20.3 Å². The van der Waals surface area contributed by atoms with Crippen LogP contribution in [0.1, 0.15) is 24.7 Å². The Morgan fingerprint density at radius 3 is 2.47 bits per heavy atom. The minimum atomic E-state index is -3.52. The van der Waals surface area contributed by atoms with Gasteiger partial charge in [-0.3, -0.25) is 4.68 Å². The molecule has 0 bridgehead atoms. The van der Waals surface area contributed by atoms with Crippen molar-refractivity contribution in [3.8, 4) is 0 Å². The van der Waals surface area contributed by atoms with E-state index in [1.54, 1.807) is 25.6 Å². The van der Waals surface area contributed by atoms with E-state index in [4.69, 9.17) is 11.6 Å². The molecule has 0 fully saturated rings. The molecule has 1 heterocycles. The SMILES string of the molecule is CCC(Cl)CNS(=O)(=O)c1c(C)nn(C)c1C. The molecule has 0 aliphatic carbocycles. The predicted octanol–water partition coefficient (Wildman–Crippen LogP) is 1.33. The van der Waals surface area contributed by atoms with Crippen molar-refractivity contribution in [3.05, 3.63) is 11.4 Å². The van der Waals surface area contributed by atoms with Crippen LogP contribution < -0.4 is 4.72 Å². The predicted molar refractivity (Wildman–Crippen MR) is 67.8 cm³/mol. The van der Waals surface area contributed by atoms with Crippen LogP contribution in [0.2, 0.25) is 0 Å². The Labute approximate surface area is 107 Å². The van der Waals surface area contributed by atoms with Gasteiger partial charge in [-0.2, -0.15) is 5.10 Å². The van der Waals surface area contributed by atoms with E-state index in [1.807, 2.05) is 6.92 Å². The molecule has 0 spiro atoms. The van der Waals surface area contributed by atoms with Crippen LogP contribution in [0.5, 0.6) is 0 Å². The molecule has 0 aromatic carbocycles. The highest BCUT2D eigenvalue weighted by Gasteiger charge is 2.23. The summed E-state index contributed by atoms with van der Waals surface area (Å²) in [5.74, 6) is 0. The summed E-state index contributed by atoms with van der Waals surface area (Å²) in [5.41, 5.74) is 1.12. The van der Waals surface area contributed by atoms with E-state index in [9.17, 15) is 8.42 Å². The second-order valence-electron chi connectivity index (χ2n) is 3.98. The van der Waals surface area contributed by atoms with Gasteiger partial charge >= 0.3 is 0 Å². The van der Waals surface area contributed by atoms with Crippen LogP contribution in [-0.2, 0) is 17.1 Å². The first-order chi connectivity index (χ1) is 7.79. The normalized spacial score (nSPS) is 13.9. The fourth-order valence-corrected chi connectivity index (χ4v) is 3.24. The standard InChI is InChI=1S/C10H18ClN3O2S/c1-5-9(11)6-12-17(15,16)10-7(2)13-14(4)8(10)3/h9,12H,5-6H2,1-4H3. The summed E-state index contributed by atoms with van der Waals surface area (Å²) in [6.45, 7) is 5.55. The van der Waals surface area contributed by atoms with Crippen LogP contribution in [-0.4, -0.2) is 30.1 Å². The summed E-state index contributed by atoms with van der Waals surface area (Å²) < 4.78 is 28.2. The maximum atomic E-state index is 12.1. The fraction of sp³-hybridized carbons (Fsp3) is 0.700. The summed E-state index contributed by atoms with van der Waals surface area (Å²) in [4.78, 5) is 0.250. The molecule has 0 aliphatic rings. The van der Waals surface area contributed by atoms with Gasteiger partial charge in [0, 0.05) is 19.0 Å². The molecule has 0 radical (unpaired) electrons. The molecule has 1 N–H and O–H groups in total. The van der Waals surface area contributed by atoms with E-state index < -0.39 is 10.0 Å². The molecule has 1 atom stereocenters. The molecule has 1 rings (SSSR count). The first kappa shape index (κ1) is 14.5. The van der Waals surface area contributed by atoms with Crippen LogP contribution in [0, 0.1) is 13.8 Å². The summed E-state index contributed by atoms with van der Waals surface area (Å²) in [7, 11) is -1.80. The molecule has 7 heteroatoms. The first-order valence-electron chi connectivity index (χ1n) is 5.43. The monoisotopic (exact) mass is 279 g/mol. The summed E-state index contributed by atoms with van der Waals surface area (Å²) in [6, 6.07) is 0. The lowest BCUT2D eigenvalue weighted by molar-refractivity contribution is 0.577. The second kappa shape index (κ2) is 5.37. The Balaban J connectivity index is 2.98. The Bertz CT molecular complexity index is 496. The molecule has 17 heavy (non-hydrogen) atoms. The fourth-order valence-electron chi connectivity index (χ4n) is 1.56. The number of hydrogen-bond acceptors (Lipinski definition) is 3. The maximum Gasteiger partial charge on any atom is 0.244 e. The van der Waals surface area contributed by atoms with Crippen LogP contribution >= 0.6 is 11.6 Å². The highest BCUT2D eigenvalue weighted by molar-refractivity contribution is 7.89. The van der Waals surface area contributed by atoms with Gasteiger partial charge < -0.3 is 0 Å². The van der Waals surface area contributed by atoms with Crippen molar-refractivity contribution in [2.75, 3.05) is 6.54 Å². The zero-order valence-electron chi connectivity index (χ0n) is 10.5. The number of alkyl halides is 1. The zero-order chi connectivity index (χ0) is 13.2. The van der Waals surface area contributed by atoms with Crippen LogP contribution in [0.15, 0.2) is 4.90 Å². The molecule has 5 nitrogen and oxygen atoms in total. The number of rotatable bonds is 5. The minimum Gasteiger partial charge on any atom is -0.271 e. The first-order valence-corrected chi connectivity index (χ1v) is 7.35. The largest absolute Gasteiger partial charge is 0.271 e. The molecular weight excluding hydrogens is 262 g/mol. The van der Waals surface area contributed by atoms with Gasteiger partial charge in [-0.1, -0.05) is 6.92 Å². The van der Waals surface area contributed by atoms with Crippen LogP contribution in [0.25, 0.3) is 0 Å². The van der Waals surface area contributed by atoms with Crippen LogP contribution in [0.3, 0.4) is 0 Å². The smallest absolute Gasteiger partial charge is 0.244 e. The number of halogens is 1. The van der Waals surface area contributed by atoms with Crippen molar-refractivity contribution in [1.29, 1.82) is 0 Å². The lowest BCUT2D eigenvalue weighted by atomic mass is 10.3. The van der Waals surface area contributed by atoms with Crippen molar-refractivity contribution in [3.63, 3.8) is 0 Å². The Morgan fingerprint density at radius 2 is 2.06 bits per heavy atom. The van der Waals surface area contributed by atoms with Crippen molar-refractivity contribution < 1.29 is 8.42 Å². The van der Waals surface area contributed by atoms with Gasteiger partial charge in [0.25, 0.3) is 0 Å². The highest BCUT2D eigenvalue weighted by atomic mass is 35.5. The van der Waals surface area contributed by atoms with E-state index in [1.165, 1.54) is 0 Å². The Hall–Kier alpha value is -0.590. The summed E-state index contributed by atoms with van der Waals surface area (Å²) >= 11 is 5.90. The third-order valence-electron chi connectivity index (χ3n) is 2.65. The van der Waals surface area contributed by atoms with Gasteiger partial charge in [0.1, 0.15) is 4.90 Å². The van der Waals surface area contributed by atoms with Crippen molar-refractivity contribution >= 4 is 21.6 Å². The third-order valence-corrected chi connectivity index (χ3v) is 4.79. The van der Waals surface area contributed by atoms with Crippen molar-refractivity contribution in [2.45, 2.75) is 37.5 Å². The number of aromatic nitrogens is 2. The van der Waals surface area contributed by atoms with E-state index in [0.29, 0.717) is 11.4 Å². The lowest BCUT2D eigenvalue weighted by Gasteiger charge is -2.09. The minimum absolute atomic E-state index is 0.193. The molecule has 1 unspecified atom stereocenters. The number of sulfonamides is 1. The molecule has 0 amide bonds. The molecule has 98 valence electrons. The topological polar surface area (TPSA) is 64.0 Å². The van der Waals surface area contributed by atoms with Crippen molar-refractivity contribution in [1.82, 2.24) is 14.5 Å². The zero-order valence-corrected chi connectivity index (χ0v) is 12.1. The second-order valence-corrected chi connectivity index (χ2v) is 6.30. The lowest BCUT2D eigenvalue weighted by Crippen LogP contribution is -2.30. The third kappa shape index (κ3) is 3.20. The summed E-state index contributed by atoms with van der Waals surface area (Å²) in [6.07, 6.45) is 0.717. The molecule has 0 aliphatic heterocycles. The van der Waals surface area contributed by atoms with E-state index in [2.05, 4.69) is 9.82 Å². The maximum absolute atomic E-state index is 12.1. The van der Waals surface area contributed by atoms with Gasteiger partial charge in [0.05, 0.1) is 11.4 Å². The van der Waals surface area contributed by atoms with E-state index in [0.717, 1.165) is 6.42 Å². The average Bonchev–Trinajstić information content (AvgIpc) is 2.50. The summed E-state index contributed by atoms with van der Waals surface area (Å²) in [5, 5.41) is 3.90. The van der Waals surface area contributed by atoms with E-state index >= 15 is 0 Å². The van der Waals surface area contributed by atoms with Gasteiger partial charge in [0.2, 0.25) is 10.0 Å². The number of nitrogens with zero attached hydrogens (tertiary/aromatic N) is 2. The van der Waals surface area contributed by atoms with Gasteiger partial charge in [-0.15, -0.1) is 11.6 Å². The number of aryl methyl sites for hydroxylation is 2. The van der Waals surface area contributed by atoms with Gasteiger partial charge in [-0.25, -0.2) is 13.1 Å². The van der Waals surface area contributed by atoms with Crippen LogP contribution in [0.4, 0.5) is 0 Å². The van der Waals surface area contributed by atoms with E-state index in [-0.39, 0.29) is 16.8 Å². The Kier molecular flexibility index (Phi) is 4.57. The quantitative estimate of drug-likeness (QED) is 0.827. The van der Waals surface area contributed by atoms with Gasteiger partial charge in [0.15, 0.2) is 0 Å². The average molecular weight is 280 g/mol. The molecule has 0 saturated carbocycles. The highest BCUT2D eigenvalue weighted by Crippen LogP contribution is 2.18. The Morgan fingerprint density at radius 1 is 1.47 bits per heavy atom. The molecule has 0 saturated heterocycles. The molecule has 1 aromatic rings. The number of hydrogen-bond donors (Lipinski definition) is 1. The number of nitrogens with one attached hydrogen (secondary N) is 1. The molecule has 1 aromatic heterocycles.